The first-order valence-corrected chi connectivity index (χ1v) is 7.17. The molecule has 7 nitrogen and oxygen atoms in total. The molecule has 122 valence electrons. The van der Waals surface area contributed by atoms with Crippen LogP contribution in [-0.2, 0) is 6.42 Å². The summed E-state index contributed by atoms with van der Waals surface area (Å²) in [6, 6.07) is 7.88. The number of anilines is 1. The van der Waals surface area contributed by atoms with Crippen LogP contribution in [0.1, 0.15) is 23.0 Å². The van der Waals surface area contributed by atoms with E-state index in [1.807, 2.05) is 6.07 Å². The molecule has 2 N–H and O–H groups in total. The van der Waals surface area contributed by atoms with Crippen LogP contribution in [-0.4, -0.2) is 29.0 Å². The number of rotatable bonds is 8. The van der Waals surface area contributed by atoms with Crippen molar-refractivity contribution in [3.05, 3.63) is 58.0 Å². The highest BCUT2D eigenvalue weighted by molar-refractivity contribution is 5.95. The molecule has 0 aliphatic rings. The lowest BCUT2D eigenvalue weighted by Gasteiger charge is -2.15. The second-order valence-electron chi connectivity index (χ2n) is 5.26. The van der Waals surface area contributed by atoms with Gasteiger partial charge in [0, 0.05) is 37.1 Å². The Kier molecular flexibility index (Phi) is 5.48. The molecule has 23 heavy (non-hydrogen) atoms. The van der Waals surface area contributed by atoms with E-state index in [1.54, 1.807) is 12.3 Å². The third-order valence-electron chi connectivity index (χ3n) is 3.51. The first kappa shape index (κ1) is 16.7. The van der Waals surface area contributed by atoms with E-state index in [0.717, 1.165) is 5.76 Å². The zero-order chi connectivity index (χ0) is 16.8. The molecule has 7 heteroatoms. The smallest absolute Gasteiger partial charge is 0.293 e. The average molecular weight is 318 g/mol. The van der Waals surface area contributed by atoms with Crippen LogP contribution in [0.2, 0.25) is 0 Å². The number of hydrogen-bond acceptors (Lipinski definition) is 6. The summed E-state index contributed by atoms with van der Waals surface area (Å²) in [4.78, 5) is 22.0. The van der Waals surface area contributed by atoms with Gasteiger partial charge < -0.3 is 14.8 Å². The molecule has 0 aliphatic carbocycles. The molecule has 0 amide bonds. The summed E-state index contributed by atoms with van der Waals surface area (Å²) in [6.45, 7) is 1.63. The molecule has 2 aromatic rings. The fourth-order valence-corrected chi connectivity index (χ4v) is 2.22. The maximum absolute atomic E-state index is 11.3. The van der Waals surface area contributed by atoms with Gasteiger partial charge in [0.15, 0.2) is 5.78 Å². The van der Waals surface area contributed by atoms with E-state index in [1.165, 1.54) is 25.1 Å². The molecule has 1 aromatic carbocycles. The molecule has 0 spiro atoms. The van der Waals surface area contributed by atoms with Gasteiger partial charge in [0.1, 0.15) is 11.4 Å². The van der Waals surface area contributed by atoms with Crippen molar-refractivity contribution in [3.8, 4) is 0 Å². The van der Waals surface area contributed by atoms with Gasteiger partial charge in [0.05, 0.1) is 11.2 Å². The van der Waals surface area contributed by atoms with Gasteiger partial charge in [-0.2, -0.15) is 0 Å². The number of nitrogens with one attached hydrogen (secondary N) is 1. The van der Waals surface area contributed by atoms with Gasteiger partial charge in [-0.15, -0.1) is 0 Å². The van der Waals surface area contributed by atoms with Crippen molar-refractivity contribution in [1.29, 1.82) is 0 Å². The quantitative estimate of drug-likeness (QED) is 0.440. The molecule has 0 fully saturated rings. The molecule has 0 saturated heterocycles. The SMILES string of the molecule is CC(=O)c1ccc(NC[C@H](CO)Cc2ccco2)c([N+](=O)[O-])c1. The number of carbonyl (C=O) groups excluding carboxylic acids is 1. The van der Waals surface area contributed by atoms with Crippen LogP contribution >= 0.6 is 0 Å². The summed E-state index contributed by atoms with van der Waals surface area (Å²) in [7, 11) is 0. The van der Waals surface area contributed by atoms with Crippen LogP contribution < -0.4 is 5.32 Å². The molecule has 2 rings (SSSR count). The van der Waals surface area contributed by atoms with Crippen molar-refractivity contribution in [2.45, 2.75) is 13.3 Å². The Bertz CT molecular complexity index is 682. The first-order valence-electron chi connectivity index (χ1n) is 7.17. The summed E-state index contributed by atoms with van der Waals surface area (Å²) < 4.78 is 5.24. The Hall–Kier alpha value is -2.67. The van der Waals surface area contributed by atoms with Gasteiger partial charge in [-0.3, -0.25) is 14.9 Å². The highest BCUT2D eigenvalue weighted by Crippen LogP contribution is 2.26. The molecule has 0 aliphatic heterocycles. The Morgan fingerprint density at radius 3 is 2.78 bits per heavy atom. The Morgan fingerprint density at radius 2 is 2.22 bits per heavy atom. The number of nitro benzene ring substituents is 1. The molecule has 1 heterocycles. The first-order chi connectivity index (χ1) is 11.0. The number of hydrogen-bond donors (Lipinski definition) is 2. The van der Waals surface area contributed by atoms with Crippen LogP contribution in [0.15, 0.2) is 41.0 Å². The van der Waals surface area contributed by atoms with E-state index >= 15 is 0 Å². The van der Waals surface area contributed by atoms with Crippen LogP contribution in [0.5, 0.6) is 0 Å². The average Bonchev–Trinajstić information content (AvgIpc) is 3.03. The number of nitrogens with zero attached hydrogens (tertiary/aromatic N) is 1. The van der Waals surface area contributed by atoms with Crippen molar-refractivity contribution in [2.24, 2.45) is 5.92 Å². The highest BCUT2D eigenvalue weighted by Gasteiger charge is 2.18. The van der Waals surface area contributed by atoms with Crippen molar-refractivity contribution in [2.75, 3.05) is 18.5 Å². The molecule has 1 atom stereocenters. The molecule has 1 aromatic heterocycles. The fourth-order valence-electron chi connectivity index (χ4n) is 2.22. The Morgan fingerprint density at radius 1 is 1.43 bits per heavy atom. The standard InChI is InChI=1S/C16H18N2O5/c1-11(20)13-4-5-15(16(8-13)18(21)22)17-9-12(10-19)7-14-3-2-6-23-14/h2-6,8,12,17,19H,7,9-10H2,1H3/t12-/m1/s1. The minimum atomic E-state index is -0.532. The zero-order valence-corrected chi connectivity index (χ0v) is 12.7. The number of aliphatic hydroxyl groups excluding tert-OH is 1. The van der Waals surface area contributed by atoms with Gasteiger partial charge in [-0.25, -0.2) is 0 Å². The summed E-state index contributed by atoms with van der Waals surface area (Å²) >= 11 is 0. The minimum Gasteiger partial charge on any atom is -0.469 e. The fraction of sp³-hybridized carbons (Fsp3) is 0.312. The summed E-state index contributed by atoms with van der Waals surface area (Å²) in [5.74, 6) is 0.367. The van der Waals surface area contributed by atoms with Crippen LogP contribution in [0, 0.1) is 16.0 Å². The van der Waals surface area contributed by atoms with E-state index < -0.39 is 4.92 Å². The number of ketones is 1. The van der Waals surface area contributed by atoms with Crippen molar-refractivity contribution >= 4 is 17.2 Å². The van der Waals surface area contributed by atoms with E-state index in [9.17, 15) is 20.0 Å². The minimum absolute atomic E-state index is 0.0764. The van der Waals surface area contributed by atoms with Crippen molar-refractivity contribution < 1.29 is 19.2 Å². The maximum atomic E-state index is 11.3. The number of nitro groups is 1. The van der Waals surface area contributed by atoms with Crippen LogP contribution in [0.25, 0.3) is 0 Å². The molecular weight excluding hydrogens is 300 g/mol. The number of benzene rings is 1. The maximum Gasteiger partial charge on any atom is 0.293 e. The third kappa shape index (κ3) is 4.40. The van der Waals surface area contributed by atoms with Gasteiger partial charge in [0.2, 0.25) is 0 Å². The Labute approximate surface area is 133 Å². The summed E-state index contributed by atoms with van der Waals surface area (Å²) in [5, 5.41) is 23.6. The topological polar surface area (TPSA) is 106 Å². The van der Waals surface area contributed by atoms with Gasteiger partial charge in [-0.1, -0.05) is 0 Å². The van der Waals surface area contributed by atoms with E-state index in [-0.39, 0.29) is 29.6 Å². The molecule has 0 bridgehead atoms. The van der Waals surface area contributed by atoms with E-state index in [0.29, 0.717) is 18.7 Å². The second-order valence-corrected chi connectivity index (χ2v) is 5.26. The summed E-state index contributed by atoms with van der Waals surface area (Å²) in [6.07, 6.45) is 2.08. The lowest BCUT2D eigenvalue weighted by molar-refractivity contribution is -0.384. The number of furan rings is 1. The monoisotopic (exact) mass is 318 g/mol. The number of Topliss-reactive ketones (excluding diaryl/α,β-unsaturated/α-hetero) is 1. The predicted molar refractivity (Wildman–Crippen MR) is 84.6 cm³/mol. The van der Waals surface area contributed by atoms with E-state index in [2.05, 4.69) is 5.32 Å². The van der Waals surface area contributed by atoms with Gasteiger partial charge in [0.25, 0.3) is 5.69 Å². The molecule has 0 radical (unpaired) electrons. The third-order valence-corrected chi connectivity index (χ3v) is 3.51. The number of aliphatic hydroxyl groups is 1. The van der Waals surface area contributed by atoms with Gasteiger partial charge in [-0.05, 0) is 31.2 Å². The van der Waals surface area contributed by atoms with Crippen LogP contribution in [0.3, 0.4) is 0 Å². The lowest BCUT2D eigenvalue weighted by atomic mass is 10.0. The zero-order valence-electron chi connectivity index (χ0n) is 12.7. The highest BCUT2D eigenvalue weighted by atomic mass is 16.6. The van der Waals surface area contributed by atoms with Crippen molar-refractivity contribution in [1.82, 2.24) is 0 Å². The lowest BCUT2D eigenvalue weighted by Crippen LogP contribution is -2.20. The second kappa shape index (κ2) is 7.55. The number of carbonyl (C=O) groups is 1. The van der Waals surface area contributed by atoms with E-state index in [4.69, 9.17) is 4.42 Å². The predicted octanol–water partition coefficient (Wildman–Crippen LogP) is 2.65. The van der Waals surface area contributed by atoms with Gasteiger partial charge >= 0.3 is 0 Å². The normalized spacial score (nSPS) is 11.9. The summed E-state index contributed by atoms with van der Waals surface area (Å²) in [5.41, 5.74) is 0.446. The van der Waals surface area contributed by atoms with Crippen molar-refractivity contribution in [3.63, 3.8) is 0 Å². The largest absolute Gasteiger partial charge is 0.469 e. The van der Waals surface area contributed by atoms with Crippen LogP contribution in [0.4, 0.5) is 11.4 Å². The molecule has 0 unspecified atom stereocenters. The molecule has 0 saturated carbocycles. The Balaban J connectivity index is 2.09. The molecular formula is C16H18N2O5.